The van der Waals surface area contributed by atoms with Crippen LogP contribution in [0.25, 0.3) is 0 Å². The minimum Gasteiger partial charge on any atom is -0.495 e. The molecule has 1 fully saturated rings. The Kier molecular flexibility index (Phi) is 10.3. The molecular formula is C29H32N4O7S. The number of amides is 2. The van der Waals surface area contributed by atoms with Crippen LogP contribution in [0.1, 0.15) is 18.4 Å². The lowest BCUT2D eigenvalue weighted by Gasteiger charge is -2.25. The molecule has 4 rings (SSSR count). The monoisotopic (exact) mass is 580 g/mol. The van der Waals surface area contributed by atoms with Crippen LogP contribution in [0, 0.1) is 0 Å². The summed E-state index contributed by atoms with van der Waals surface area (Å²) >= 11 is 0. The number of para-hydroxylation sites is 2. The first-order valence-electron chi connectivity index (χ1n) is 13.0. The fraction of sp³-hybridized carbons (Fsp3) is 0.276. The molecule has 1 atom stereocenters. The number of hydrazone groups is 1. The third-order valence-electron chi connectivity index (χ3n) is 6.18. The normalized spacial score (nSPS) is 14.9. The van der Waals surface area contributed by atoms with Crippen molar-refractivity contribution in [3.63, 3.8) is 0 Å². The second-order valence-corrected chi connectivity index (χ2v) is 10.9. The number of nitrogens with zero attached hydrogens (tertiary/aromatic N) is 2. The third kappa shape index (κ3) is 8.29. The maximum absolute atomic E-state index is 13.5. The molecule has 0 spiro atoms. The summed E-state index contributed by atoms with van der Waals surface area (Å²) in [6.45, 7) is 0.549. The highest BCUT2D eigenvalue weighted by Crippen LogP contribution is 2.32. The summed E-state index contributed by atoms with van der Waals surface area (Å²) in [6.07, 6.45) is 3.43. The van der Waals surface area contributed by atoms with Gasteiger partial charge in [-0.2, -0.15) is 5.10 Å². The van der Waals surface area contributed by atoms with E-state index < -0.39 is 22.5 Å². The van der Waals surface area contributed by atoms with E-state index in [-0.39, 0.29) is 29.2 Å². The molecule has 0 bridgehead atoms. The first kappa shape index (κ1) is 29.6. The number of ether oxygens (including phenoxy) is 3. The Labute approximate surface area is 239 Å². The number of carbonyl (C=O) groups excluding carboxylic acids is 2. The number of hydrogen-bond donors (Lipinski definition) is 2. The van der Waals surface area contributed by atoms with E-state index in [0.717, 1.165) is 23.8 Å². The van der Waals surface area contributed by atoms with Crippen LogP contribution < -0.4 is 24.5 Å². The van der Waals surface area contributed by atoms with Gasteiger partial charge in [-0.15, -0.1) is 0 Å². The minimum absolute atomic E-state index is 0.0322. The zero-order chi connectivity index (χ0) is 29.1. The van der Waals surface area contributed by atoms with Gasteiger partial charge in [0.15, 0.2) is 6.61 Å². The number of benzene rings is 3. The van der Waals surface area contributed by atoms with Crippen molar-refractivity contribution in [2.24, 2.45) is 5.10 Å². The van der Waals surface area contributed by atoms with Crippen molar-refractivity contribution in [3.8, 4) is 11.5 Å². The quantitative estimate of drug-likeness (QED) is 0.234. The van der Waals surface area contributed by atoms with E-state index in [1.165, 1.54) is 25.5 Å². The molecular weight excluding hydrogens is 548 g/mol. The molecule has 3 aromatic carbocycles. The van der Waals surface area contributed by atoms with Gasteiger partial charge in [0.25, 0.3) is 21.8 Å². The molecule has 0 aromatic heterocycles. The van der Waals surface area contributed by atoms with Crippen LogP contribution in [0.2, 0.25) is 0 Å². The average Bonchev–Trinajstić information content (AvgIpc) is 3.53. The first-order chi connectivity index (χ1) is 19.9. The molecule has 41 heavy (non-hydrogen) atoms. The van der Waals surface area contributed by atoms with Gasteiger partial charge in [-0.1, -0.05) is 30.3 Å². The van der Waals surface area contributed by atoms with Crippen LogP contribution in [0.15, 0.2) is 88.9 Å². The Morgan fingerprint density at radius 2 is 1.76 bits per heavy atom. The van der Waals surface area contributed by atoms with E-state index >= 15 is 0 Å². The van der Waals surface area contributed by atoms with Crippen LogP contribution >= 0.6 is 0 Å². The second kappa shape index (κ2) is 14.3. The summed E-state index contributed by atoms with van der Waals surface area (Å²) in [7, 11) is -2.67. The van der Waals surface area contributed by atoms with Crippen molar-refractivity contribution in [3.05, 3.63) is 84.4 Å². The van der Waals surface area contributed by atoms with Crippen LogP contribution in [0.5, 0.6) is 11.5 Å². The van der Waals surface area contributed by atoms with Crippen molar-refractivity contribution >= 4 is 33.7 Å². The summed E-state index contributed by atoms with van der Waals surface area (Å²) in [6, 6.07) is 21.1. The second-order valence-electron chi connectivity index (χ2n) is 9.09. The largest absolute Gasteiger partial charge is 0.495 e. The highest BCUT2D eigenvalue weighted by Gasteiger charge is 2.29. The van der Waals surface area contributed by atoms with Gasteiger partial charge >= 0.3 is 0 Å². The molecule has 1 heterocycles. The maximum atomic E-state index is 13.5. The first-order valence-corrected chi connectivity index (χ1v) is 14.4. The highest BCUT2D eigenvalue weighted by atomic mass is 32.2. The Morgan fingerprint density at radius 3 is 2.46 bits per heavy atom. The lowest BCUT2D eigenvalue weighted by Crippen LogP contribution is -2.39. The van der Waals surface area contributed by atoms with Gasteiger partial charge < -0.3 is 19.5 Å². The molecule has 0 unspecified atom stereocenters. The predicted molar refractivity (Wildman–Crippen MR) is 154 cm³/mol. The maximum Gasteiger partial charge on any atom is 0.264 e. The van der Waals surface area contributed by atoms with Crippen molar-refractivity contribution < 1.29 is 32.2 Å². The third-order valence-corrected chi connectivity index (χ3v) is 7.95. The zero-order valence-corrected chi connectivity index (χ0v) is 23.4. The topological polar surface area (TPSA) is 136 Å². The average molecular weight is 581 g/mol. The molecule has 0 saturated carbocycles. The molecule has 2 amide bonds. The van der Waals surface area contributed by atoms with E-state index in [2.05, 4.69) is 15.8 Å². The Hall–Kier alpha value is -4.42. The van der Waals surface area contributed by atoms with E-state index in [1.807, 2.05) is 0 Å². The molecule has 11 nitrogen and oxygen atoms in total. The Balaban J connectivity index is 1.34. The molecule has 1 aliphatic heterocycles. The van der Waals surface area contributed by atoms with E-state index in [9.17, 15) is 18.0 Å². The van der Waals surface area contributed by atoms with Crippen molar-refractivity contribution in [1.29, 1.82) is 0 Å². The lowest BCUT2D eigenvalue weighted by molar-refractivity contribution is -0.123. The number of hydrogen-bond acceptors (Lipinski definition) is 8. The Bertz CT molecular complexity index is 1440. The number of anilines is 1. The zero-order valence-electron chi connectivity index (χ0n) is 22.6. The van der Waals surface area contributed by atoms with Gasteiger partial charge in [0, 0.05) is 13.2 Å². The molecule has 2 N–H and O–H groups in total. The summed E-state index contributed by atoms with van der Waals surface area (Å²) < 4.78 is 44.3. The molecule has 12 heteroatoms. The number of methoxy groups -OCH3 is 1. The smallest absolute Gasteiger partial charge is 0.264 e. The molecule has 3 aromatic rings. The fourth-order valence-corrected chi connectivity index (χ4v) is 5.54. The van der Waals surface area contributed by atoms with Gasteiger partial charge in [-0.3, -0.25) is 13.9 Å². The van der Waals surface area contributed by atoms with Gasteiger partial charge in [-0.05, 0) is 66.9 Å². The van der Waals surface area contributed by atoms with E-state index in [0.29, 0.717) is 23.6 Å². The minimum atomic E-state index is -4.09. The predicted octanol–water partition coefficient (Wildman–Crippen LogP) is 2.71. The molecule has 1 aliphatic rings. The van der Waals surface area contributed by atoms with Gasteiger partial charge in [0.05, 0.1) is 30.0 Å². The number of carbonyl (C=O) groups is 2. The molecule has 1 saturated heterocycles. The van der Waals surface area contributed by atoms with Crippen molar-refractivity contribution in [2.75, 3.05) is 37.7 Å². The van der Waals surface area contributed by atoms with Gasteiger partial charge in [0.2, 0.25) is 0 Å². The molecule has 216 valence electrons. The molecule has 0 radical (unpaired) electrons. The summed E-state index contributed by atoms with van der Waals surface area (Å²) in [5.41, 5.74) is 3.24. The highest BCUT2D eigenvalue weighted by molar-refractivity contribution is 7.92. The number of nitrogens with one attached hydrogen (secondary N) is 2. The summed E-state index contributed by atoms with van der Waals surface area (Å²) in [5, 5.41) is 6.75. The number of rotatable bonds is 13. The van der Waals surface area contributed by atoms with Crippen LogP contribution in [0.4, 0.5) is 5.69 Å². The van der Waals surface area contributed by atoms with Crippen LogP contribution in [-0.4, -0.2) is 66.0 Å². The molecule has 0 aliphatic carbocycles. The van der Waals surface area contributed by atoms with Gasteiger partial charge in [0.1, 0.15) is 18.0 Å². The lowest BCUT2D eigenvalue weighted by atomic mass is 10.2. The number of sulfonamides is 1. The van der Waals surface area contributed by atoms with Gasteiger partial charge in [-0.25, -0.2) is 13.8 Å². The fourth-order valence-electron chi connectivity index (χ4n) is 4.08. The summed E-state index contributed by atoms with van der Waals surface area (Å²) in [4.78, 5) is 24.8. The van der Waals surface area contributed by atoms with Crippen LogP contribution in [-0.2, 0) is 24.3 Å². The standard InChI is InChI=1S/C29H32N4O7S/c1-38-27-12-6-5-11-26(27)33(41(36,37)25-9-3-2-4-10-25)20-28(34)32-31-18-22-13-15-23(16-14-22)40-21-29(35)30-19-24-8-7-17-39-24/h2-6,9-16,18,24H,7-8,17,19-21H2,1H3,(H,30,35)(H,32,34)/b31-18-/t24-/m1/s1. The van der Waals surface area contributed by atoms with Crippen molar-refractivity contribution in [2.45, 2.75) is 23.8 Å². The summed E-state index contributed by atoms with van der Waals surface area (Å²) in [5.74, 6) is -0.0890. The SMILES string of the molecule is COc1ccccc1N(CC(=O)N/N=C\c1ccc(OCC(=O)NC[C@H]2CCCO2)cc1)S(=O)(=O)c1ccccc1. The van der Waals surface area contributed by atoms with Crippen LogP contribution in [0.3, 0.4) is 0 Å². The van der Waals surface area contributed by atoms with E-state index in [1.54, 1.807) is 66.7 Å². The van der Waals surface area contributed by atoms with E-state index in [4.69, 9.17) is 14.2 Å². The van der Waals surface area contributed by atoms with Crippen molar-refractivity contribution in [1.82, 2.24) is 10.7 Å². The Morgan fingerprint density at radius 1 is 1.02 bits per heavy atom.